The highest BCUT2D eigenvalue weighted by atomic mass is 16.5. The fraction of sp³-hybridized carbons (Fsp3) is 0.579. The molecule has 4 heterocycles. The van der Waals surface area contributed by atoms with Crippen LogP contribution >= 0.6 is 0 Å². The second-order valence-electron chi connectivity index (χ2n) is 8.12. The number of ether oxygens (including phenoxy) is 2. The van der Waals surface area contributed by atoms with Crippen molar-refractivity contribution in [1.82, 2.24) is 0 Å². The molecule has 0 N–H and O–H groups in total. The zero-order valence-corrected chi connectivity index (χ0v) is 13.5. The van der Waals surface area contributed by atoms with E-state index in [9.17, 15) is 9.59 Å². The molecule has 0 aromatic heterocycles. The molecule has 6 atom stereocenters. The van der Waals surface area contributed by atoms with Gasteiger partial charge in [-0.3, -0.25) is 9.59 Å². The van der Waals surface area contributed by atoms with Crippen molar-refractivity contribution >= 4 is 11.6 Å². The van der Waals surface area contributed by atoms with Gasteiger partial charge >= 0.3 is 0 Å². The van der Waals surface area contributed by atoms with Gasteiger partial charge in [-0.1, -0.05) is 31.6 Å². The summed E-state index contributed by atoms with van der Waals surface area (Å²) in [7, 11) is 0. The van der Waals surface area contributed by atoms with Gasteiger partial charge in [0, 0.05) is 17.3 Å². The van der Waals surface area contributed by atoms with Gasteiger partial charge in [-0.05, 0) is 31.1 Å². The van der Waals surface area contributed by atoms with Gasteiger partial charge in [-0.2, -0.15) is 0 Å². The Bertz CT molecular complexity index is 740. The number of carbonyl (C=O) groups excluding carboxylic acids is 2. The second kappa shape index (κ2) is 3.93. The Morgan fingerprint density at radius 2 is 1.91 bits per heavy atom. The quantitative estimate of drug-likeness (QED) is 0.643. The minimum absolute atomic E-state index is 0.0299. The molecule has 120 valence electrons. The third kappa shape index (κ3) is 1.45. The van der Waals surface area contributed by atoms with Crippen LogP contribution < -0.4 is 0 Å². The molecule has 4 bridgehead atoms. The zero-order chi connectivity index (χ0) is 16.1. The number of hydrogen-bond donors (Lipinski definition) is 0. The van der Waals surface area contributed by atoms with E-state index in [1.165, 1.54) is 5.57 Å². The summed E-state index contributed by atoms with van der Waals surface area (Å²) in [6, 6.07) is 0. The summed E-state index contributed by atoms with van der Waals surface area (Å²) in [6.45, 7) is 6.25. The van der Waals surface area contributed by atoms with Crippen molar-refractivity contribution in [2.24, 2.45) is 17.3 Å². The fourth-order valence-corrected chi connectivity index (χ4v) is 5.48. The SMILES string of the molecule is CC1(C)C2=C(CC3C2[C@]2(C)O[C@H]3C=CC2=O)[C@H]2O[C@@H]1C=CC2=O. The lowest BCUT2D eigenvalue weighted by molar-refractivity contribution is -0.140. The molecule has 0 saturated carbocycles. The van der Waals surface area contributed by atoms with Gasteiger partial charge in [0.1, 0.15) is 11.7 Å². The fourth-order valence-electron chi connectivity index (χ4n) is 5.48. The Morgan fingerprint density at radius 1 is 1.13 bits per heavy atom. The van der Waals surface area contributed by atoms with E-state index < -0.39 is 11.7 Å². The maximum atomic E-state index is 12.6. The molecule has 4 nitrogen and oxygen atoms in total. The van der Waals surface area contributed by atoms with E-state index >= 15 is 0 Å². The average Bonchev–Trinajstić information content (AvgIpc) is 3.00. The van der Waals surface area contributed by atoms with Gasteiger partial charge in [0.2, 0.25) is 0 Å². The summed E-state index contributed by atoms with van der Waals surface area (Å²) < 4.78 is 12.2. The van der Waals surface area contributed by atoms with E-state index in [1.54, 1.807) is 12.2 Å². The largest absolute Gasteiger partial charge is 0.359 e. The lowest BCUT2D eigenvalue weighted by atomic mass is 9.65. The number of ketones is 2. The van der Waals surface area contributed by atoms with Crippen molar-refractivity contribution in [3.8, 4) is 0 Å². The Labute approximate surface area is 135 Å². The van der Waals surface area contributed by atoms with Gasteiger partial charge in [0.25, 0.3) is 0 Å². The van der Waals surface area contributed by atoms with Crippen molar-refractivity contribution in [1.29, 1.82) is 0 Å². The van der Waals surface area contributed by atoms with E-state index in [2.05, 4.69) is 13.8 Å². The van der Waals surface area contributed by atoms with Crippen LogP contribution in [0.4, 0.5) is 0 Å². The summed E-state index contributed by atoms with van der Waals surface area (Å²) in [6.07, 6.45) is 7.31. The predicted octanol–water partition coefficient (Wildman–Crippen LogP) is 2.15. The van der Waals surface area contributed by atoms with Gasteiger partial charge in [-0.15, -0.1) is 0 Å². The molecule has 5 rings (SSSR count). The van der Waals surface area contributed by atoms with Crippen molar-refractivity contribution in [3.63, 3.8) is 0 Å². The van der Waals surface area contributed by atoms with Crippen LogP contribution in [0.2, 0.25) is 0 Å². The van der Waals surface area contributed by atoms with Crippen molar-refractivity contribution in [3.05, 3.63) is 35.5 Å². The smallest absolute Gasteiger partial charge is 0.188 e. The van der Waals surface area contributed by atoms with Crippen molar-refractivity contribution < 1.29 is 19.1 Å². The van der Waals surface area contributed by atoms with E-state index in [0.29, 0.717) is 0 Å². The minimum Gasteiger partial charge on any atom is -0.359 e. The molecule has 0 aromatic carbocycles. The Morgan fingerprint density at radius 3 is 2.70 bits per heavy atom. The van der Waals surface area contributed by atoms with Crippen LogP contribution in [0.5, 0.6) is 0 Å². The van der Waals surface area contributed by atoms with Crippen LogP contribution in [0, 0.1) is 17.3 Å². The monoisotopic (exact) mass is 312 g/mol. The lowest BCUT2D eigenvalue weighted by Gasteiger charge is -2.47. The highest BCUT2D eigenvalue weighted by Gasteiger charge is 2.65. The molecule has 0 amide bonds. The van der Waals surface area contributed by atoms with Gasteiger partial charge in [0.15, 0.2) is 11.6 Å². The number of fused-ring (bicyclic) bond motifs is 9. The first-order valence-corrected chi connectivity index (χ1v) is 8.35. The number of carbonyl (C=O) groups is 2. The highest BCUT2D eigenvalue weighted by molar-refractivity contribution is 6.00. The van der Waals surface area contributed by atoms with E-state index in [4.69, 9.17) is 9.47 Å². The van der Waals surface area contributed by atoms with E-state index in [1.807, 2.05) is 19.1 Å². The van der Waals surface area contributed by atoms with Crippen LogP contribution in [-0.4, -0.2) is 35.5 Å². The van der Waals surface area contributed by atoms with Gasteiger partial charge < -0.3 is 9.47 Å². The molecule has 0 radical (unpaired) electrons. The average molecular weight is 312 g/mol. The Hall–Kier alpha value is -1.52. The lowest BCUT2D eigenvalue weighted by Crippen LogP contribution is -2.51. The van der Waals surface area contributed by atoms with Crippen molar-refractivity contribution in [2.75, 3.05) is 0 Å². The van der Waals surface area contributed by atoms with Crippen LogP contribution in [0.25, 0.3) is 0 Å². The summed E-state index contributed by atoms with van der Waals surface area (Å²) in [5.74, 6) is 0.363. The molecule has 1 fully saturated rings. The highest BCUT2D eigenvalue weighted by Crippen LogP contribution is 2.62. The minimum atomic E-state index is -0.795. The Kier molecular flexibility index (Phi) is 2.37. The predicted molar refractivity (Wildman–Crippen MR) is 82.6 cm³/mol. The molecular formula is C19H20O4. The molecule has 4 aliphatic heterocycles. The molecule has 1 saturated heterocycles. The summed E-state index contributed by atoms with van der Waals surface area (Å²) >= 11 is 0. The summed E-state index contributed by atoms with van der Waals surface area (Å²) in [5.41, 5.74) is 1.32. The molecule has 0 aromatic rings. The topological polar surface area (TPSA) is 52.6 Å². The molecule has 4 heteroatoms. The third-order valence-electron chi connectivity index (χ3n) is 6.56. The normalized spacial score (nSPS) is 48.7. The summed E-state index contributed by atoms with van der Waals surface area (Å²) in [5, 5.41) is 0. The molecule has 2 unspecified atom stereocenters. The first kappa shape index (κ1) is 13.9. The third-order valence-corrected chi connectivity index (χ3v) is 6.56. The van der Waals surface area contributed by atoms with E-state index in [-0.39, 0.29) is 41.0 Å². The number of rotatable bonds is 0. The van der Waals surface area contributed by atoms with Crippen LogP contribution in [0.1, 0.15) is 27.2 Å². The summed E-state index contributed by atoms with van der Waals surface area (Å²) in [4.78, 5) is 24.9. The van der Waals surface area contributed by atoms with E-state index in [0.717, 1.165) is 12.0 Å². The van der Waals surface area contributed by atoms with Crippen molar-refractivity contribution in [2.45, 2.75) is 51.1 Å². The van der Waals surface area contributed by atoms with Crippen LogP contribution in [0.3, 0.4) is 0 Å². The zero-order valence-electron chi connectivity index (χ0n) is 13.5. The Balaban J connectivity index is 1.71. The molecular weight excluding hydrogens is 292 g/mol. The molecule has 23 heavy (non-hydrogen) atoms. The second-order valence-corrected chi connectivity index (χ2v) is 8.12. The standard InChI is InChI=1S/C19H20O4/c1-18(2)14-7-4-11(20)17(22-14)10-8-9-12-5-6-13(21)19(3,23-12)16(9)15(10)18/h4-7,9,12,14,16-17H,8H2,1-3H3/t9?,12-,14+,16?,17+,19+/m0/s1. The first-order valence-electron chi connectivity index (χ1n) is 8.35. The number of hydrogen-bond acceptors (Lipinski definition) is 4. The van der Waals surface area contributed by atoms with Crippen LogP contribution in [-0.2, 0) is 19.1 Å². The molecule has 0 spiro atoms. The van der Waals surface area contributed by atoms with Gasteiger partial charge in [0.05, 0.1) is 12.2 Å². The van der Waals surface area contributed by atoms with Gasteiger partial charge in [-0.25, -0.2) is 0 Å². The maximum absolute atomic E-state index is 12.6. The molecule has 1 aliphatic carbocycles. The van der Waals surface area contributed by atoms with Crippen LogP contribution in [0.15, 0.2) is 35.5 Å². The maximum Gasteiger partial charge on any atom is 0.188 e. The molecule has 5 aliphatic rings. The first-order chi connectivity index (χ1) is 10.8.